The third-order valence-corrected chi connectivity index (χ3v) is 4.42. The summed E-state index contributed by atoms with van der Waals surface area (Å²) in [5.74, 6) is -1.77. The number of carbonyl (C=O) groups is 3. The Hall–Kier alpha value is -3.77. The maximum atomic E-state index is 12.4. The van der Waals surface area contributed by atoms with Gasteiger partial charge in [-0.05, 0) is 32.3 Å². The number of non-ortho nitro benzene ring substituents is 1. The van der Waals surface area contributed by atoms with Crippen molar-refractivity contribution in [2.45, 2.75) is 52.2 Å². The van der Waals surface area contributed by atoms with E-state index in [4.69, 9.17) is 0 Å². The van der Waals surface area contributed by atoms with Crippen LogP contribution in [0.2, 0.25) is 0 Å². The zero-order valence-electron chi connectivity index (χ0n) is 18.4. The quantitative estimate of drug-likeness (QED) is 0.254. The number of methoxy groups -OCH3 is 1. The van der Waals surface area contributed by atoms with Crippen molar-refractivity contribution in [2.24, 2.45) is 5.92 Å². The number of carbonyl (C=O) groups excluding carboxylic acids is 3. The second-order valence-corrected chi connectivity index (χ2v) is 7.53. The standard InChI is InChI=1S/C19H27N5O8/c1-10(2)8-15(19(27)32-5)22-18(26)12(4)21-17(25)11(3)20-14-7-6-13(23(28)29)9-16(14)24(30)31/h6-7,9-12,15,20H,8H2,1-5H3,(H,21,25)(H,22,26)/t11-,12-,15-/m0/s1. The van der Waals surface area contributed by atoms with Crippen molar-refractivity contribution in [2.75, 3.05) is 12.4 Å². The molecular weight excluding hydrogens is 426 g/mol. The minimum atomic E-state index is -1.02. The number of nitro benzene ring substituents is 2. The number of anilines is 1. The minimum absolute atomic E-state index is 0.0944. The van der Waals surface area contributed by atoms with Gasteiger partial charge >= 0.3 is 5.97 Å². The highest BCUT2D eigenvalue weighted by atomic mass is 16.6. The van der Waals surface area contributed by atoms with Crippen molar-refractivity contribution in [3.63, 3.8) is 0 Å². The highest BCUT2D eigenvalue weighted by molar-refractivity contribution is 5.92. The Labute approximate surface area is 184 Å². The van der Waals surface area contributed by atoms with Crippen LogP contribution in [0, 0.1) is 26.1 Å². The average molecular weight is 453 g/mol. The number of nitro groups is 2. The summed E-state index contributed by atoms with van der Waals surface area (Å²) in [4.78, 5) is 57.2. The molecule has 0 radical (unpaired) electrons. The van der Waals surface area contributed by atoms with Crippen molar-refractivity contribution >= 4 is 34.8 Å². The molecule has 0 fully saturated rings. The van der Waals surface area contributed by atoms with E-state index in [9.17, 15) is 34.6 Å². The zero-order chi connectivity index (χ0) is 24.6. The number of benzene rings is 1. The van der Waals surface area contributed by atoms with Gasteiger partial charge in [-0.15, -0.1) is 0 Å². The lowest BCUT2D eigenvalue weighted by atomic mass is 10.0. The predicted molar refractivity (Wildman–Crippen MR) is 114 cm³/mol. The lowest BCUT2D eigenvalue weighted by Crippen LogP contribution is -2.53. The van der Waals surface area contributed by atoms with Gasteiger partial charge in [0.05, 0.1) is 23.0 Å². The lowest BCUT2D eigenvalue weighted by molar-refractivity contribution is -0.393. The number of nitrogens with one attached hydrogen (secondary N) is 3. The molecular formula is C19H27N5O8. The van der Waals surface area contributed by atoms with E-state index >= 15 is 0 Å². The number of hydrogen-bond donors (Lipinski definition) is 3. The van der Waals surface area contributed by atoms with E-state index in [0.717, 1.165) is 18.2 Å². The van der Waals surface area contributed by atoms with Crippen molar-refractivity contribution < 1.29 is 29.0 Å². The Morgan fingerprint density at radius 1 is 0.969 bits per heavy atom. The van der Waals surface area contributed by atoms with Crippen LogP contribution >= 0.6 is 0 Å². The van der Waals surface area contributed by atoms with Crippen LogP contribution in [0.25, 0.3) is 0 Å². The molecule has 0 bridgehead atoms. The summed E-state index contributed by atoms with van der Waals surface area (Å²) >= 11 is 0. The van der Waals surface area contributed by atoms with E-state index in [-0.39, 0.29) is 11.6 Å². The van der Waals surface area contributed by atoms with Gasteiger partial charge in [0.25, 0.3) is 11.4 Å². The van der Waals surface area contributed by atoms with E-state index in [1.165, 1.54) is 21.0 Å². The molecule has 0 aliphatic heterocycles. The first kappa shape index (κ1) is 26.3. The van der Waals surface area contributed by atoms with Crippen LogP contribution in [0.1, 0.15) is 34.1 Å². The van der Waals surface area contributed by atoms with E-state index in [0.29, 0.717) is 6.42 Å². The molecule has 13 nitrogen and oxygen atoms in total. The van der Waals surface area contributed by atoms with E-state index in [1.807, 2.05) is 13.8 Å². The van der Waals surface area contributed by atoms with Crippen molar-refractivity contribution in [3.8, 4) is 0 Å². The molecule has 1 aromatic carbocycles. The second-order valence-electron chi connectivity index (χ2n) is 7.53. The average Bonchev–Trinajstić information content (AvgIpc) is 2.71. The number of amides is 2. The first-order chi connectivity index (χ1) is 14.9. The molecule has 2 amide bonds. The number of nitrogens with zero attached hydrogens (tertiary/aromatic N) is 2. The second kappa shape index (κ2) is 11.6. The molecule has 32 heavy (non-hydrogen) atoms. The van der Waals surface area contributed by atoms with Gasteiger partial charge in [0.15, 0.2) is 0 Å². The van der Waals surface area contributed by atoms with Crippen molar-refractivity contribution in [1.29, 1.82) is 0 Å². The van der Waals surface area contributed by atoms with E-state index in [1.54, 1.807) is 0 Å². The minimum Gasteiger partial charge on any atom is -0.467 e. The van der Waals surface area contributed by atoms with E-state index in [2.05, 4.69) is 20.7 Å². The van der Waals surface area contributed by atoms with Gasteiger partial charge in [-0.3, -0.25) is 29.8 Å². The summed E-state index contributed by atoms with van der Waals surface area (Å²) in [6, 6.07) is 0.0754. The fraction of sp³-hybridized carbons (Fsp3) is 0.526. The molecule has 0 aliphatic carbocycles. The van der Waals surface area contributed by atoms with Gasteiger partial charge in [-0.2, -0.15) is 0 Å². The van der Waals surface area contributed by atoms with Crippen LogP contribution in [0.3, 0.4) is 0 Å². The van der Waals surface area contributed by atoms with Gasteiger partial charge in [0.2, 0.25) is 11.8 Å². The number of rotatable bonds is 11. The summed E-state index contributed by atoms with van der Waals surface area (Å²) in [5.41, 5.74) is -1.13. The first-order valence-corrected chi connectivity index (χ1v) is 9.75. The molecule has 0 saturated heterocycles. The maximum absolute atomic E-state index is 12.4. The third kappa shape index (κ3) is 7.49. The molecule has 3 N–H and O–H groups in total. The summed E-state index contributed by atoms with van der Waals surface area (Å²) < 4.78 is 4.69. The maximum Gasteiger partial charge on any atom is 0.328 e. The molecule has 1 rings (SSSR count). The molecule has 0 heterocycles. The fourth-order valence-electron chi connectivity index (χ4n) is 2.73. The normalized spacial score (nSPS) is 13.4. The largest absolute Gasteiger partial charge is 0.467 e. The Balaban J connectivity index is 2.83. The highest BCUT2D eigenvalue weighted by Crippen LogP contribution is 2.29. The lowest BCUT2D eigenvalue weighted by Gasteiger charge is -2.22. The van der Waals surface area contributed by atoms with Gasteiger partial charge < -0.3 is 20.7 Å². The third-order valence-electron chi connectivity index (χ3n) is 4.42. The SMILES string of the molecule is COC(=O)[C@H](CC(C)C)NC(=O)[C@H](C)NC(=O)[C@H](C)Nc1ccc([N+](=O)[O-])cc1[N+](=O)[O-]. The Bertz CT molecular complexity index is 888. The number of hydrogen-bond acceptors (Lipinski definition) is 9. The van der Waals surface area contributed by atoms with Gasteiger partial charge in [-0.25, -0.2) is 4.79 Å². The van der Waals surface area contributed by atoms with Crippen LogP contribution in [0.4, 0.5) is 17.1 Å². The zero-order valence-corrected chi connectivity index (χ0v) is 18.4. The summed E-state index contributed by atoms with van der Waals surface area (Å²) in [6.07, 6.45) is 0.348. The molecule has 176 valence electrons. The summed E-state index contributed by atoms with van der Waals surface area (Å²) in [5, 5.41) is 29.7. The number of ether oxygens (including phenoxy) is 1. The van der Waals surface area contributed by atoms with Crippen LogP contribution in [0.15, 0.2) is 18.2 Å². The molecule has 0 saturated carbocycles. The Kier molecular flexibility index (Phi) is 9.50. The highest BCUT2D eigenvalue weighted by Gasteiger charge is 2.27. The monoisotopic (exact) mass is 453 g/mol. The fourth-order valence-corrected chi connectivity index (χ4v) is 2.73. The smallest absolute Gasteiger partial charge is 0.328 e. The van der Waals surface area contributed by atoms with Crippen LogP contribution in [-0.4, -0.2) is 52.9 Å². The summed E-state index contributed by atoms with van der Waals surface area (Å²) in [7, 11) is 1.21. The molecule has 0 aromatic heterocycles. The van der Waals surface area contributed by atoms with Crippen LogP contribution < -0.4 is 16.0 Å². The topological polar surface area (TPSA) is 183 Å². The van der Waals surface area contributed by atoms with Crippen LogP contribution in [-0.2, 0) is 19.1 Å². The van der Waals surface area contributed by atoms with Crippen molar-refractivity contribution in [3.05, 3.63) is 38.4 Å². The Morgan fingerprint density at radius 3 is 2.06 bits per heavy atom. The number of esters is 1. The predicted octanol–water partition coefficient (Wildman–Crippen LogP) is 1.51. The molecule has 3 atom stereocenters. The summed E-state index contributed by atoms with van der Waals surface area (Å²) in [6.45, 7) is 6.56. The van der Waals surface area contributed by atoms with Gasteiger partial charge in [0, 0.05) is 6.07 Å². The Morgan fingerprint density at radius 2 is 1.56 bits per heavy atom. The van der Waals surface area contributed by atoms with Crippen LogP contribution in [0.5, 0.6) is 0 Å². The molecule has 13 heteroatoms. The van der Waals surface area contributed by atoms with E-state index < -0.39 is 57.1 Å². The van der Waals surface area contributed by atoms with Gasteiger partial charge in [-0.1, -0.05) is 13.8 Å². The molecule has 1 aromatic rings. The molecule has 0 unspecified atom stereocenters. The van der Waals surface area contributed by atoms with Gasteiger partial charge in [0.1, 0.15) is 23.8 Å². The first-order valence-electron chi connectivity index (χ1n) is 9.75. The molecule has 0 aliphatic rings. The van der Waals surface area contributed by atoms with Crippen molar-refractivity contribution in [1.82, 2.24) is 10.6 Å². The molecule has 0 spiro atoms.